The lowest BCUT2D eigenvalue weighted by Crippen LogP contribution is -2.41. The predicted octanol–water partition coefficient (Wildman–Crippen LogP) is 4.07. The predicted molar refractivity (Wildman–Crippen MR) is 124 cm³/mol. The van der Waals surface area contributed by atoms with Crippen LogP contribution in [-0.4, -0.2) is 50.6 Å². The van der Waals surface area contributed by atoms with Crippen LogP contribution in [0.25, 0.3) is 0 Å². The van der Waals surface area contributed by atoms with Crippen LogP contribution in [0.4, 0.5) is 0 Å². The molecule has 0 atom stereocenters. The molecule has 0 saturated carbocycles. The van der Waals surface area contributed by atoms with Gasteiger partial charge in [-0.1, -0.05) is 28.1 Å². The molecule has 0 unspecified atom stereocenters. The number of carbonyl (C=O) groups excluding carboxylic acids is 2. The maximum atomic E-state index is 12.8. The van der Waals surface area contributed by atoms with Crippen molar-refractivity contribution in [1.82, 2.24) is 10.2 Å². The van der Waals surface area contributed by atoms with Gasteiger partial charge in [0.25, 0.3) is 5.91 Å². The third-order valence-electron chi connectivity index (χ3n) is 5.65. The molecule has 1 aliphatic heterocycles. The van der Waals surface area contributed by atoms with Crippen molar-refractivity contribution >= 4 is 27.7 Å². The lowest BCUT2D eigenvalue weighted by molar-refractivity contribution is -0.121. The van der Waals surface area contributed by atoms with Crippen LogP contribution in [0.2, 0.25) is 0 Å². The average Bonchev–Trinajstić information content (AvgIpc) is 2.80. The summed E-state index contributed by atoms with van der Waals surface area (Å²) in [5.74, 6) is 1.62. The number of benzene rings is 2. The van der Waals surface area contributed by atoms with Gasteiger partial charge in [-0.15, -0.1) is 0 Å². The summed E-state index contributed by atoms with van der Waals surface area (Å²) in [6, 6.07) is 13.3. The summed E-state index contributed by atoms with van der Waals surface area (Å²) >= 11 is 3.46. The molecule has 7 heteroatoms. The number of carbonyl (C=O) groups is 2. The van der Waals surface area contributed by atoms with Gasteiger partial charge in [0.2, 0.25) is 5.91 Å². The molecule has 1 N–H and O–H groups in total. The second-order valence-electron chi connectivity index (χ2n) is 7.74. The van der Waals surface area contributed by atoms with Gasteiger partial charge < -0.3 is 19.7 Å². The standard InChI is InChI=1S/C24H29BrN2O4/c1-30-21-8-7-19(15-22(21)31-2)24(29)27-12-10-18(11-13-27)16-26-23(28)9-6-17-4-3-5-20(25)14-17/h3-5,7-8,14-15,18H,6,9-13,16H2,1-2H3,(H,26,28). The van der Waals surface area contributed by atoms with Crippen molar-refractivity contribution in [3.05, 3.63) is 58.1 Å². The van der Waals surface area contributed by atoms with Crippen molar-refractivity contribution in [2.24, 2.45) is 5.92 Å². The summed E-state index contributed by atoms with van der Waals surface area (Å²) in [4.78, 5) is 26.9. The van der Waals surface area contributed by atoms with Gasteiger partial charge in [-0.05, 0) is 61.1 Å². The second kappa shape index (κ2) is 11.2. The van der Waals surface area contributed by atoms with E-state index in [2.05, 4.69) is 21.2 Å². The third kappa shape index (κ3) is 6.47. The fourth-order valence-corrected chi connectivity index (χ4v) is 4.24. The first kappa shape index (κ1) is 23.1. The molecule has 31 heavy (non-hydrogen) atoms. The molecule has 1 fully saturated rings. The summed E-state index contributed by atoms with van der Waals surface area (Å²) in [6.07, 6.45) is 2.96. The largest absolute Gasteiger partial charge is 0.493 e. The van der Waals surface area contributed by atoms with E-state index in [1.54, 1.807) is 32.4 Å². The number of likely N-dealkylation sites (tertiary alicyclic amines) is 1. The minimum Gasteiger partial charge on any atom is -0.493 e. The molecule has 0 radical (unpaired) electrons. The molecule has 2 aromatic rings. The Morgan fingerprint density at radius 1 is 1.06 bits per heavy atom. The molecule has 1 heterocycles. The van der Waals surface area contributed by atoms with Crippen LogP contribution in [0, 0.1) is 5.92 Å². The Morgan fingerprint density at radius 2 is 1.81 bits per heavy atom. The zero-order valence-corrected chi connectivity index (χ0v) is 19.6. The Balaban J connectivity index is 1.42. The molecule has 1 saturated heterocycles. The fraction of sp³-hybridized carbons (Fsp3) is 0.417. The topological polar surface area (TPSA) is 67.9 Å². The van der Waals surface area contributed by atoms with E-state index < -0.39 is 0 Å². The van der Waals surface area contributed by atoms with E-state index in [0.29, 0.717) is 49.0 Å². The van der Waals surface area contributed by atoms with Crippen molar-refractivity contribution in [2.45, 2.75) is 25.7 Å². The van der Waals surface area contributed by atoms with Crippen LogP contribution in [-0.2, 0) is 11.2 Å². The number of methoxy groups -OCH3 is 2. The first-order valence-electron chi connectivity index (χ1n) is 10.5. The molecule has 0 spiro atoms. The van der Waals surface area contributed by atoms with E-state index >= 15 is 0 Å². The maximum Gasteiger partial charge on any atom is 0.253 e. The van der Waals surface area contributed by atoms with Crippen LogP contribution < -0.4 is 14.8 Å². The van der Waals surface area contributed by atoms with E-state index in [-0.39, 0.29) is 11.8 Å². The number of rotatable bonds is 8. The lowest BCUT2D eigenvalue weighted by atomic mass is 9.96. The molecule has 1 aliphatic rings. The van der Waals surface area contributed by atoms with E-state index in [0.717, 1.165) is 29.3 Å². The van der Waals surface area contributed by atoms with Crippen molar-refractivity contribution in [3.8, 4) is 11.5 Å². The minimum absolute atomic E-state index is 0.00235. The van der Waals surface area contributed by atoms with Gasteiger partial charge in [-0.2, -0.15) is 0 Å². The number of piperidine rings is 1. The van der Waals surface area contributed by atoms with Crippen LogP contribution in [0.3, 0.4) is 0 Å². The van der Waals surface area contributed by atoms with Crippen LogP contribution in [0.15, 0.2) is 46.9 Å². The van der Waals surface area contributed by atoms with Gasteiger partial charge in [0, 0.05) is 36.1 Å². The number of hydrogen-bond acceptors (Lipinski definition) is 4. The van der Waals surface area contributed by atoms with Crippen LogP contribution in [0.5, 0.6) is 11.5 Å². The number of nitrogens with zero attached hydrogens (tertiary/aromatic N) is 1. The van der Waals surface area contributed by atoms with Crippen LogP contribution >= 0.6 is 15.9 Å². The molecule has 3 rings (SSSR count). The van der Waals surface area contributed by atoms with Gasteiger partial charge in [-0.25, -0.2) is 0 Å². The van der Waals surface area contributed by atoms with Crippen molar-refractivity contribution in [3.63, 3.8) is 0 Å². The Labute approximate surface area is 192 Å². The van der Waals surface area contributed by atoms with Gasteiger partial charge in [0.05, 0.1) is 14.2 Å². The number of amides is 2. The highest BCUT2D eigenvalue weighted by Gasteiger charge is 2.24. The lowest BCUT2D eigenvalue weighted by Gasteiger charge is -2.32. The molecule has 2 aromatic carbocycles. The highest BCUT2D eigenvalue weighted by atomic mass is 79.9. The number of ether oxygens (including phenoxy) is 2. The fourth-order valence-electron chi connectivity index (χ4n) is 3.79. The molecule has 2 amide bonds. The SMILES string of the molecule is COc1ccc(C(=O)N2CCC(CNC(=O)CCc3cccc(Br)c3)CC2)cc1OC. The first-order valence-corrected chi connectivity index (χ1v) is 11.3. The zero-order valence-electron chi connectivity index (χ0n) is 18.0. The molecule has 0 aliphatic carbocycles. The Bertz CT molecular complexity index is 910. The van der Waals surface area contributed by atoms with Gasteiger partial charge in [-0.3, -0.25) is 9.59 Å². The molecule has 6 nitrogen and oxygen atoms in total. The summed E-state index contributed by atoms with van der Waals surface area (Å²) in [5.41, 5.74) is 1.74. The smallest absolute Gasteiger partial charge is 0.253 e. The molecular formula is C24H29BrN2O4. The Kier molecular flexibility index (Phi) is 8.35. The van der Waals surface area contributed by atoms with Gasteiger partial charge >= 0.3 is 0 Å². The summed E-state index contributed by atoms with van der Waals surface area (Å²) in [5, 5.41) is 3.06. The summed E-state index contributed by atoms with van der Waals surface area (Å²) in [6.45, 7) is 2.03. The highest BCUT2D eigenvalue weighted by Crippen LogP contribution is 2.28. The monoisotopic (exact) mass is 488 g/mol. The summed E-state index contributed by atoms with van der Waals surface area (Å²) < 4.78 is 11.6. The molecule has 0 bridgehead atoms. The Morgan fingerprint density at radius 3 is 2.48 bits per heavy atom. The van der Waals surface area contributed by atoms with Crippen molar-refractivity contribution in [1.29, 1.82) is 0 Å². The second-order valence-corrected chi connectivity index (χ2v) is 8.66. The molecule has 166 valence electrons. The van der Waals surface area contributed by atoms with Gasteiger partial charge in [0.1, 0.15) is 0 Å². The van der Waals surface area contributed by atoms with E-state index in [4.69, 9.17) is 9.47 Å². The molecule has 0 aromatic heterocycles. The quantitative estimate of drug-likeness (QED) is 0.607. The maximum absolute atomic E-state index is 12.8. The number of aryl methyl sites for hydroxylation is 1. The summed E-state index contributed by atoms with van der Waals surface area (Å²) in [7, 11) is 3.13. The van der Waals surface area contributed by atoms with E-state index in [1.165, 1.54) is 0 Å². The first-order chi connectivity index (χ1) is 15.0. The Hall–Kier alpha value is -2.54. The van der Waals surface area contributed by atoms with Gasteiger partial charge in [0.15, 0.2) is 11.5 Å². The number of hydrogen-bond donors (Lipinski definition) is 1. The normalized spacial score (nSPS) is 14.2. The van der Waals surface area contributed by atoms with Crippen molar-refractivity contribution < 1.29 is 19.1 Å². The van der Waals surface area contributed by atoms with E-state index in [9.17, 15) is 9.59 Å². The van der Waals surface area contributed by atoms with E-state index in [1.807, 2.05) is 29.2 Å². The number of halogens is 1. The third-order valence-corrected chi connectivity index (χ3v) is 6.14. The average molecular weight is 489 g/mol. The zero-order chi connectivity index (χ0) is 22.2. The number of nitrogens with one attached hydrogen (secondary N) is 1. The van der Waals surface area contributed by atoms with Crippen molar-refractivity contribution in [2.75, 3.05) is 33.9 Å². The van der Waals surface area contributed by atoms with Crippen LogP contribution in [0.1, 0.15) is 35.2 Å². The highest BCUT2D eigenvalue weighted by molar-refractivity contribution is 9.10. The minimum atomic E-state index is -0.00235. The molecular weight excluding hydrogens is 460 g/mol.